The van der Waals surface area contributed by atoms with E-state index >= 15 is 0 Å². The van der Waals surface area contributed by atoms with Gasteiger partial charge < -0.3 is 14.8 Å². The van der Waals surface area contributed by atoms with E-state index in [4.69, 9.17) is 9.47 Å². The molecule has 0 spiro atoms. The van der Waals surface area contributed by atoms with E-state index in [0.717, 1.165) is 35.2 Å². The number of halogens is 1. The number of amides is 1. The van der Waals surface area contributed by atoms with E-state index in [-0.39, 0.29) is 29.9 Å². The minimum absolute atomic E-state index is 0.0169. The van der Waals surface area contributed by atoms with E-state index in [9.17, 15) is 4.79 Å². The fraction of sp³-hybridized carbons (Fsp3) is 0.393. The Morgan fingerprint density at radius 2 is 1.94 bits per heavy atom. The van der Waals surface area contributed by atoms with Gasteiger partial charge in [0, 0.05) is 16.0 Å². The maximum absolute atomic E-state index is 12.8. The summed E-state index contributed by atoms with van der Waals surface area (Å²) in [6.07, 6.45) is 2.29. The molecule has 0 fully saturated rings. The third kappa shape index (κ3) is 4.89. The van der Waals surface area contributed by atoms with Crippen molar-refractivity contribution in [3.63, 3.8) is 0 Å². The fourth-order valence-electron chi connectivity index (χ4n) is 4.72. The highest BCUT2D eigenvalue weighted by Crippen LogP contribution is 2.41. The van der Waals surface area contributed by atoms with Gasteiger partial charge in [-0.05, 0) is 72.7 Å². The molecule has 4 nitrogen and oxygen atoms in total. The zero-order valence-electron chi connectivity index (χ0n) is 19.7. The Labute approximate surface area is 204 Å². The van der Waals surface area contributed by atoms with Gasteiger partial charge >= 0.3 is 0 Å². The third-order valence-electron chi connectivity index (χ3n) is 6.91. The van der Waals surface area contributed by atoms with Gasteiger partial charge in [-0.25, -0.2) is 0 Å². The summed E-state index contributed by atoms with van der Waals surface area (Å²) in [5, 5.41) is 5.63. The standard InChI is InChI=1S/C28H32BrNO3/c1-5-17(2)28(31)30-25-16-19(20-9-6-7-12-27(20)33-18(25)3)15-23-21-10-8-11-24(29)22(21)13-14-26(23)32-4/h6-14,17-19,25H,5,15-16H2,1-4H3,(H,30,31)/t17-,18+,19?,25-/m1/s1. The van der Waals surface area contributed by atoms with Gasteiger partial charge in [0.1, 0.15) is 17.6 Å². The van der Waals surface area contributed by atoms with Crippen molar-refractivity contribution < 1.29 is 14.3 Å². The molecule has 3 aromatic carbocycles. The molecule has 4 rings (SSSR count). The van der Waals surface area contributed by atoms with Gasteiger partial charge in [-0.1, -0.05) is 60.1 Å². The third-order valence-corrected chi connectivity index (χ3v) is 7.60. The van der Waals surface area contributed by atoms with Crippen LogP contribution in [0.25, 0.3) is 10.8 Å². The number of nitrogens with one attached hydrogen (secondary N) is 1. The monoisotopic (exact) mass is 509 g/mol. The van der Waals surface area contributed by atoms with Crippen molar-refractivity contribution in [1.29, 1.82) is 0 Å². The van der Waals surface area contributed by atoms with Gasteiger partial charge in [-0.3, -0.25) is 4.79 Å². The summed E-state index contributed by atoms with van der Waals surface area (Å²) >= 11 is 3.70. The second-order valence-corrected chi connectivity index (χ2v) is 9.86. The van der Waals surface area contributed by atoms with Crippen LogP contribution in [0.1, 0.15) is 50.7 Å². The summed E-state index contributed by atoms with van der Waals surface area (Å²) in [5.41, 5.74) is 2.36. The van der Waals surface area contributed by atoms with Crippen LogP contribution in [0.3, 0.4) is 0 Å². The normalized spacial score (nSPS) is 20.9. The zero-order chi connectivity index (χ0) is 23.5. The quantitative estimate of drug-likeness (QED) is 0.405. The molecule has 174 valence electrons. The molecule has 0 saturated carbocycles. The molecule has 1 unspecified atom stereocenters. The lowest BCUT2D eigenvalue weighted by molar-refractivity contribution is -0.126. The Kier molecular flexibility index (Phi) is 7.28. The van der Waals surface area contributed by atoms with Crippen LogP contribution in [-0.4, -0.2) is 25.2 Å². The highest BCUT2D eigenvalue weighted by atomic mass is 79.9. The number of hydrogen-bond donors (Lipinski definition) is 1. The van der Waals surface area contributed by atoms with E-state index in [0.29, 0.717) is 0 Å². The highest BCUT2D eigenvalue weighted by molar-refractivity contribution is 9.10. The van der Waals surface area contributed by atoms with Crippen LogP contribution in [0.5, 0.6) is 11.5 Å². The first kappa shape index (κ1) is 23.6. The number of fused-ring (bicyclic) bond motifs is 2. The molecule has 3 aromatic rings. The highest BCUT2D eigenvalue weighted by Gasteiger charge is 2.32. The van der Waals surface area contributed by atoms with Gasteiger partial charge in [0.15, 0.2) is 0 Å². The summed E-state index contributed by atoms with van der Waals surface area (Å²) in [7, 11) is 1.73. The predicted octanol–water partition coefficient (Wildman–Crippen LogP) is 6.64. The average molecular weight is 510 g/mol. The van der Waals surface area contributed by atoms with Gasteiger partial charge in [0.2, 0.25) is 5.91 Å². The van der Waals surface area contributed by atoms with Crippen molar-refractivity contribution in [3.05, 3.63) is 70.2 Å². The van der Waals surface area contributed by atoms with E-state index < -0.39 is 0 Å². The number of para-hydroxylation sites is 1. The average Bonchev–Trinajstić information content (AvgIpc) is 2.95. The maximum atomic E-state index is 12.8. The van der Waals surface area contributed by atoms with Crippen LogP contribution in [0.4, 0.5) is 0 Å². The molecular formula is C28H32BrNO3. The second kappa shape index (κ2) is 10.2. The van der Waals surface area contributed by atoms with Crippen LogP contribution in [-0.2, 0) is 11.2 Å². The molecule has 5 heteroatoms. The van der Waals surface area contributed by atoms with Crippen LogP contribution in [0, 0.1) is 5.92 Å². The molecular weight excluding hydrogens is 478 g/mol. The molecule has 1 heterocycles. The largest absolute Gasteiger partial charge is 0.496 e. The SMILES string of the molecule is CC[C@@H](C)C(=O)N[C@@H]1CC(Cc2c(OC)ccc3c(Br)cccc23)c2ccccc2O[C@H]1C. The van der Waals surface area contributed by atoms with E-state index in [1.807, 2.05) is 32.0 Å². The summed E-state index contributed by atoms with van der Waals surface area (Å²) in [6, 6.07) is 18.6. The lowest BCUT2D eigenvalue weighted by Crippen LogP contribution is -2.46. The smallest absolute Gasteiger partial charge is 0.223 e. The number of ether oxygens (including phenoxy) is 2. The van der Waals surface area contributed by atoms with E-state index in [1.165, 1.54) is 21.9 Å². The summed E-state index contributed by atoms with van der Waals surface area (Å²) < 4.78 is 13.2. The topological polar surface area (TPSA) is 47.6 Å². The molecule has 0 aliphatic carbocycles. The van der Waals surface area contributed by atoms with E-state index in [2.05, 4.69) is 64.6 Å². The molecule has 1 aliphatic heterocycles. The first-order valence-corrected chi connectivity index (χ1v) is 12.5. The van der Waals surface area contributed by atoms with E-state index in [1.54, 1.807) is 7.11 Å². The molecule has 0 saturated heterocycles. The molecule has 0 radical (unpaired) electrons. The molecule has 4 atom stereocenters. The minimum atomic E-state index is -0.118. The van der Waals surface area contributed by atoms with Gasteiger partial charge in [-0.2, -0.15) is 0 Å². The van der Waals surface area contributed by atoms with Crippen molar-refractivity contribution in [2.24, 2.45) is 5.92 Å². The Hall–Kier alpha value is -2.53. The van der Waals surface area contributed by atoms with Gasteiger partial charge in [-0.15, -0.1) is 0 Å². The Balaban J connectivity index is 1.75. The second-order valence-electron chi connectivity index (χ2n) is 9.00. The summed E-state index contributed by atoms with van der Waals surface area (Å²) in [5.74, 6) is 2.03. The Bertz CT molecular complexity index is 1150. The lowest BCUT2D eigenvalue weighted by Gasteiger charge is -2.27. The Morgan fingerprint density at radius 3 is 2.70 bits per heavy atom. The lowest BCUT2D eigenvalue weighted by atomic mass is 9.84. The van der Waals surface area contributed by atoms with Crippen molar-refractivity contribution in [3.8, 4) is 11.5 Å². The first-order valence-electron chi connectivity index (χ1n) is 11.7. The summed E-state index contributed by atoms with van der Waals surface area (Å²) in [4.78, 5) is 12.8. The number of carbonyl (C=O) groups excluding carboxylic acids is 1. The van der Waals surface area contributed by atoms with Gasteiger partial charge in [0.25, 0.3) is 0 Å². The number of carbonyl (C=O) groups is 1. The fourth-order valence-corrected chi connectivity index (χ4v) is 5.22. The molecule has 0 aromatic heterocycles. The van der Waals surface area contributed by atoms with Gasteiger partial charge in [0.05, 0.1) is 13.2 Å². The van der Waals surface area contributed by atoms with Crippen LogP contribution >= 0.6 is 15.9 Å². The number of methoxy groups -OCH3 is 1. The maximum Gasteiger partial charge on any atom is 0.223 e. The van der Waals surface area contributed by atoms with Crippen molar-refractivity contribution in [1.82, 2.24) is 5.32 Å². The minimum Gasteiger partial charge on any atom is -0.496 e. The zero-order valence-corrected chi connectivity index (χ0v) is 21.3. The van der Waals surface area contributed by atoms with Crippen LogP contribution in [0.2, 0.25) is 0 Å². The molecule has 1 amide bonds. The molecule has 1 N–H and O–H groups in total. The van der Waals surface area contributed by atoms with Crippen molar-refractivity contribution in [2.45, 2.75) is 58.1 Å². The predicted molar refractivity (Wildman–Crippen MR) is 137 cm³/mol. The first-order chi connectivity index (χ1) is 15.9. The van der Waals surface area contributed by atoms with Crippen LogP contribution < -0.4 is 14.8 Å². The number of benzene rings is 3. The molecule has 1 aliphatic rings. The number of hydrogen-bond acceptors (Lipinski definition) is 3. The number of rotatable bonds is 6. The molecule has 0 bridgehead atoms. The molecule has 33 heavy (non-hydrogen) atoms. The van der Waals surface area contributed by atoms with Crippen molar-refractivity contribution in [2.75, 3.05) is 7.11 Å². The summed E-state index contributed by atoms with van der Waals surface area (Å²) in [6.45, 7) is 6.07. The Morgan fingerprint density at radius 1 is 1.15 bits per heavy atom. The van der Waals surface area contributed by atoms with Crippen LogP contribution in [0.15, 0.2) is 59.1 Å². The van der Waals surface area contributed by atoms with Crippen molar-refractivity contribution >= 4 is 32.6 Å².